The molecule has 1 aliphatic heterocycles. The summed E-state index contributed by atoms with van der Waals surface area (Å²) in [6.45, 7) is 8.96. The Balaban J connectivity index is 1.80. The first-order chi connectivity index (χ1) is 15.1. The van der Waals surface area contributed by atoms with E-state index < -0.39 is 17.4 Å². The molecular formula is C26H29FN4O. The monoisotopic (exact) mass is 432 g/mol. The maximum atomic E-state index is 14.3. The van der Waals surface area contributed by atoms with Crippen molar-refractivity contribution in [2.24, 2.45) is 0 Å². The van der Waals surface area contributed by atoms with Crippen LogP contribution in [0.3, 0.4) is 0 Å². The Kier molecular flexibility index (Phi) is 5.59. The van der Waals surface area contributed by atoms with Crippen LogP contribution in [0.25, 0.3) is 11.3 Å². The van der Waals surface area contributed by atoms with E-state index in [0.717, 1.165) is 11.1 Å². The molecule has 0 radical (unpaired) electrons. The van der Waals surface area contributed by atoms with Crippen LogP contribution in [-0.4, -0.2) is 34.5 Å². The van der Waals surface area contributed by atoms with Crippen LogP contribution in [0.1, 0.15) is 50.3 Å². The SMILES string of the molecule is CN1CN[C@](C)(c2ccnc(-c3cccnc3F)c2)[C@H](c2ccc(C(C)(C)C)cc2)C1=O. The molecule has 1 saturated heterocycles. The van der Waals surface area contributed by atoms with Crippen molar-refractivity contribution in [1.29, 1.82) is 0 Å². The van der Waals surface area contributed by atoms with Crippen LogP contribution in [0.5, 0.6) is 0 Å². The van der Waals surface area contributed by atoms with Gasteiger partial charge >= 0.3 is 0 Å². The van der Waals surface area contributed by atoms with Gasteiger partial charge in [0.05, 0.1) is 29.4 Å². The average Bonchev–Trinajstić information content (AvgIpc) is 2.77. The molecule has 0 spiro atoms. The van der Waals surface area contributed by atoms with E-state index in [-0.39, 0.29) is 11.3 Å². The lowest BCUT2D eigenvalue weighted by Crippen LogP contribution is -2.59. The molecule has 3 heterocycles. The Hall–Kier alpha value is -3.12. The van der Waals surface area contributed by atoms with E-state index in [1.54, 1.807) is 30.3 Å². The van der Waals surface area contributed by atoms with Crippen molar-refractivity contribution in [1.82, 2.24) is 20.2 Å². The first-order valence-electron chi connectivity index (χ1n) is 10.8. The van der Waals surface area contributed by atoms with E-state index in [0.29, 0.717) is 17.9 Å². The molecule has 1 fully saturated rings. The zero-order valence-corrected chi connectivity index (χ0v) is 19.2. The first kappa shape index (κ1) is 22.1. The molecule has 0 unspecified atom stereocenters. The zero-order chi connectivity index (χ0) is 23.1. The average molecular weight is 433 g/mol. The number of amides is 1. The van der Waals surface area contributed by atoms with Crippen molar-refractivity contribution in [2.75, 3.05) is 13.7 Å². The smallest absolute Gasteiger partial charge is 0.233 e. The number of pyridine rings is 2. The number of carbonyl (C=O) groups excluding carboxylic acids is 1. The van der Waals surface area contributed by atoms with Gasteiger partial charge in [-0.2, -0.15) is 4.39 Å². The first-order valence-corrected chi connectivity index (χ1v) is 10.8. The van der Waals surface area contributed by atoms with E-state index in [1.807, 2.05) is 31.2 Å². The molecule has 5 nitrogen and oxygen atoms in total. The van der Waals surface area contributed by atoms with Gasteiger partial charge in [0.2, 0.25) is 11.9 Å². The highest BCUT2D eigenvalue weighted by Crippen LogP contribution is 2.41. The third-order valence-corrected chi connectivity index (χ3v) is 6.39. The standard InChI is InChI=1S/C26H29FN4O/c1-25(2,3)18-10-8-17(9-11-18)22-24(32)31(5)16-30-26(22,4)19-12-14-28-21(15-19)20-7-6-13-29-23(20)27/h6-15,22,30H,16H2,1-5H3/t22-,26-/m1/s1. The van der Waals surface area contributed by atoms with Gasteiger partial charge in [0.1, 0.15) is 0 Å². The Morgan fingerprint density at radius 2 is 1.81 bits per heavy atom. The molecule has 0 aliphatic carbocycles. The second-order valence-electron chi connectivity index (χ2n) is 9.65. The van der Waals surface area contributed by atoms with Gasteiger partial charge in [-0.15, -0.1) is 0 Å². The second kappa shape index (κ2) is 8.10. The van der Waals surface area contributed by atoms with Crippen LogP contribution >= 0.6 is 0 Å². The maximum absolute atomic E-state index is 14.3. The van der Waals surface area contributed by atoms with Crippen molar-refractivity contribution < 1.29 is 9.18 Å². The summed E-state index contributed by atoms with van der Waals surface area (Å²) in [7, 11) is 1.80. The summed E-state index contributed by atoms with van der Waals surface area (Å²) >= 11 is 0. The molecule has 3 aromatic rings. The minimum atomic E-state index is -0.691. The lowest BCUT2D eigenvalue weighted by Gasteiger charge is -2.45. The molecule has 2 aromatic heterocycles. The fraction of sp³-hybridized carbons (Fsp3) is 0.346. The molecule has 0 bridgehead atoms. The Morgan fingerprint density at radius 1 is 1.09 bits per heavy atom. The highest BCUT2D eigenvalue weighted by Gasteiger charge is 2.46. The van der Waals surface area contributed by atoms with Gasteiger partial charge in [-0.05, 0) is 53.3 Å². The van der Waals surface area contributed by atoms with Crippen LogP contribution in [0.2, 0.25) is 0 Å². The van der Waals surface area contributed by atoms with Gasteiger partial charge in [0.15, 0.2) is 0 Å². The Bertz CT molecular complexity index is 1140. The molecule has 1 N–H and O–H groups in total. The van der Waals surface area contributed by atoms with Crippen molar-refractivity contribution in [2.45, 2.75) is 44.6 Å². The van der Waals surface area contributed by atoms with Gasteiger partial charge in [0.25, 0.3) is 0 Å². The predicted octanol–water partition coefficient (Wildman–Crippen LogP) is 4.60. The number of halogens is 1. The summed E-state index contributed by atoms with van der Waals surface area (Å²) in [6.07, 6.45) is 3.07. The number of hydrogen-bond acceptors (Lipinski definition) is 4. The van der Waals surface area contributed by atoms with Gasteiger partial charge in [-0.1, -0.05) is 45.0 Å². The highest BCUT2D eigenvalue weighted by molar-refractivity contribution is 5.86. The second-order valence-corrected chi connectivity index (χ2v) is 9.65. The van der Waals surface area contributed by atoms with Crippen molar-refractivity contribution >= 4 is 5.91 Å². The molecule has 6 heteroatoms. The minimum absolute atomic E-state index is 0.0290. The van der Waals surface area contributed by atoms with Gasteiger partial charge in [-0.25, -0.2) is 4.98 Å². The molecule has 4 rings (SSSR count). The van der Waals surface area contributed by atoms with Gasteiger partial charge < -0.3 is 4.90 Å². The van der Waals surface area contributed by atoms with Crippen LogP contribution in [0.15, 0.2) is 60.9 Å². The molecule has 2 atom stereocenters. The van der Waals surface area contributed by atoms with Gasteiger partial charge in [-0.3, -0.25) is 15.1 Å². The number of rotatable bonds is 3. The topological polar surface area (TPSA) is 58.1 Å². The van der Waals surface area contributed by atoms with Crippen LogP contribution in [-0.2, 0) is 15.7 Å². The molecule has 166 valence electrons. The fourth-order valence-electron chi connectivity index (χ4n) is 4.33. The summed E-state index contributed by atoms with van der Waals surface area (Å²) < 4.78 is 14.3. The van der Waals surface area contributed by atoms with E-state index >= 15 is 0 Å². The summed E-state index contributed by atoms with van der Waals surface area (Å²) in [5.41, 5.74) is 3.19. The fourth-order valence-corrected chi connectivity index (χ4v) is 4.33. The summed E-state index contributed by atoms with van der Waals surface area (Å²) in [5.74, 6) is -0.964. The number of carbonyl (C=O) groups is 1. The number of hydrogen-bond donors (Lipinski definition) is 1. The quantitative estimate of drug-likeness (QED) is 0.615. The third kappa shape index (κ3) is 3.91. The normalized spacial score (nSPS) is 21.6. The molecule has 1 aromatic carbocycles. The van der Waals surface area contributed by atoms with Crippen LogP contribution in [0, 0.1) is 5.95 Å². The van der Waals surface area contributed by atoms with E-state index in [1.165, 1.54) is 11.8 Å². The summed E-state index contributed by atoms with van der Waals surface area (Å²) in [5, 5.41) is 3.55. The number of aromatic nitrogens is 2. The van der Waals surface area contributed by atoms with Crippen molar-refractivity contribution in [3.8, 4) is 11.3 Å². The molecule has 1 aliphatic rings. The van der Waals surface area contributed by atoms with E-state index in [9.17, 15) is 9.18 Å². The number of nitrogens with zero attached hydrogens (tertiary/aromatic N) is 3. The van der Waals surface area contributed by atoms with Crippen molar-refractivity contribution in [3.05, 3.63) is 83.6 Å². The van der Waals surface area contributed by atoms with E-state index in [4.69, 9.17) is 0 Å². The lowest BCUT2D eigenvalue weighted by atomic mass is 9.73. The predicted molar refractivity (Wildman–Crippen MR) is 123 cm³/mol. The Morgan fingerprint density at radius 3 is 2.47 bits per heavy atom. The maximum Gasteiger partial charge on any atom is 0.233 e. The van der Waals surface area contributed by atoms with Gasteiger partial charge in [0, 0.05) is 19.4 Å². The minimum Gasteiger partial charge on any atom is -0.332 e. The molecule has 32 heavy (non-hydrogen) atoms. The molecule has 0 saturated carbocycles. The summed E-state index contributed by atoms with van der Waals surface area (Å²) in [6, 6.07) is 15.4. The highest BCUT2D eigenvalue weighted by atomic mass is 19.1. The van der Waals surface area contributed by atoms with Crippen LogP contribution in [0.4, 0.5) is 4.39 Å². The third-order valence-electron chi connectivity index (χ3n) is 6.39. The largest absolute Gasteiger partial charge is 0.332 e. The number of nitrogens with one attached hydrogen (secondary N) is 1. The zero-order valence-electron chi connectivity index (χ0n) is 19.2. The summed E-state index contributed by atoms with van der Waals surface area (Å²) in [4.78, 5) is 23.2. The van der Waals surface area contributed by atoms with Crippen LogP contribution < -0.4 is 5.32 Å². The lowest BCUT2D eigenvalue weighted by molar-refractivity contribution is -0.138. The molecule has 1 amide bonds. The van der Waals surface area contributed by atoms with E-state index in [2.05, 4.69) is 48.2 Å². The molecular weight excluding hydrogens is 403 g/mol. The number of likely N-dealkylation sites (N-methyl/N-ethyl adjacent to an activating group) is 1. The number of benzene rings is 1. The Labute approximate surface area is 188 Å². The van der Waals surface area contributed by atoms with Crippen molar-refractivity contribution in [3.63, 3.8) is 0 Å².